The lowest BCUT2D eigenvalue weighted by Gasteiger charge is -2.28. The first-order chi connectivity index (χ1) is 8.77. The van der Waals surface area contributed by atoms with Gasteiger partial charge < -0.3 is 5.11 Å². The highest BCUT2D eigenvalue weighted by molar-refractivity contribution is 5.69. The molecule has 0 bridgehead atoms. The van der Waals surface area contributed by atoms with Crippen LogP contribution in [0, 0.1) is 0 Å². The summed E-state index contributed by atoms with van der Waals surface area (Å²) in [6.45, 7) is 3.37. The Kier molecular flexibility index (Phi) is 4.94. The SMILES string of the molecule is CCN(CC(=O)O)C(C)c1ccccc1C(F)(F)F. The number of carboxylic acid groups (broad SMARTS) is 1. The van der Waals surface area contributed by atoms with Crippen LogP contribution in [0.15, 0.2) is 24.3 Å². The highest BCUT2D eigenvalue weighted by Crippen LogP contribution is 2.35. The maximum Gasteiger partial charge on any atom is 0.416 e. The van der Waals surface area contributed by atoms with Crippen molar-refractivity contribution in [2.75, 3.05) is 13.1 Å². The van der Waals surface area contributed by atoms with Gasteiger partial charge in [0.25, 0.3) is 0 Å². The maximum absolute atomic E-state index is 12.9. The predicted octanol–water partition coefficient (Wildman–Crippen LogP) is 3.17. The van der Waals surface area contributed by atoms with Gasteiger partial charge in [-0.05, 0) is 25.1 Å². The Morgan fingerprint density at radius 2 is 1.95 bits per heavy atom. The molecule has 0 saturated heterocycles. The average Bonchev–Trinajstić information content (AvgIpc) is 2.34. The van der Waals surface area contributed by atoms with Crippen LogP contribution in [-0.4, -0.2) is 29.1 Å². The van der Waals surface area contributed by atoms with Gasteiger partial charge in [-0.25, -0.2) is 0 Å². The zero-order valence-electron chi connectivity index (χ0n) is 10.7. The van der Waals surface area contributed by atoms with Gasteiger partial charge in [0.2, 0.25) is 0 Å². The Labute approximate surface area is 109 Å². The number of carboxylic acids is 1. The summed E-state index contributed by atoms with van der Waals surface area (Å²) in [7, 11) is 0. The number of alkyl halides is 3. The highest BCUT2D eigenvalue weighted by Gasteiger charge is 2.35. The third-order valence-corrected chi connectivity index (χ3v) is 3.01. The molecule has 0 aliphatic carbocycles. The minimum absolute atomic E-state index is 0.0955. The van der Waals surface area contributed by atoms with Crippen LogP contribution in [0.3, 0.4) is 0 Å². The average molecular weight is 275 g/mol. The lowest BCUT2D eigenvalue weighted by Crippen LogP contribution is -2.33. The summed E-state index contributed by atoms with van der Waals surface area (Å²) in [5.41, 5.74) is -0.621. The normalized spacial score (nSPS) is 13.6. The minimum Gasteiger partial charge on any atom is -0.480 e. The largest absolute Gasteiger partial charge is 0.480 e. The summed E-state index contributed by atoms with van der Waals surface area (Å²) in [6.07, 6.45) is -4.44. The van der Waals surface area contributed by atoms with E-state index in [1.54, 1.807) is 13.8 Å². The fraction of sp³-hybridized carbons (Fsp3) is 0.462. The molecule has 1 N–H and O–H groups in total. The zero-order valence-corrected chi connectivity index (χ0v) is 10.7. The fourth-order valence-electron chi connectivity index (χ4n) is 2.01. The van der Waals surface area contributed by atoms with Crippen molar-refractivity contribution in [3.05, 3.63) is 35.4 Å². The summed E-state index contributed by atoms with van der Waals surface area (Å²) in [4.78, 5) is 12.2. The van der Waals surface area contributed by atoms with Crippen molar-refractivity contribution in [3.8, 4) is 0 Å². The lowest BCUT2D eigenvalue weighted by atomic mass is 10.00. The van der Waals surface area contributed by atoms with E-state index in [9.17, 15) is 18.0 Å². The number of likely N-dealkylation sites (N-methyl/N-ethyl adjacent to an activating group) is 1. The number of hydrogen-bond donors (Lipinski definition) is 1. The van der Waals surface area contributed by atoms with Crippen molar-refractivity contribution in [2.24, 2.45) is 0 Å². The summed E-state index contributed by atoms with van der Waals surface area (Å²) in [6, 6.07) is 4.64. The molecule has 1 unspecified atom stereocenters. The van der Waals surface area contributed by atoms with Crippen molar-refractivity contribution in [2.45, 2.75) is 26.1 Å². The van der Waals surface area contributed by atoms with Gasteiger partial charge in [-0.1, -0.05) is 25.1 Å². The van der Waals surface area contributed by atoms with Crippen molar-refractivity contribution >= 4 is 5.97 Å². The van der Waals surface area contributed by atoms with Crippen LogP contribution in [0.4, 0.5) is 13.2 Å². The van der Waals surface area contributed by atoms with Gasteiger partial charge in [-0.15, -0.1) is 0 Å². The van der Waals surface area contributed by atoms with Gasteiger partial charge in [-0.2, -0.15) is 13.2 Å². The van der Waals surface area contributed by atoms with Crippen molar-refractivity contribution in [3.63, 3.8) is 0 Å². The van der Waals surface area contributed by atoms with Gasteiger partial charge in [-0.3, -0.25) is 9.69 Å². The van der Waals surface area contributed by atoms with E-state index >= 15 is 0 Å². The Morgan fingerprint density at radius 3 is 2.42 bits per heavy atom. The number of benzene rings is 1. The number of hydrogen-bond acceptors (Lipinski definition) is 2. The smallest absolute Gasteiger partial charge is 0.416 e. The molecule has 0 spiro atoms. The van der Waals surface area contributed by atoms with Gasteiger partial charge in [0.15, 0.2) is 0 Å². The lowest BCUT2D eigenvalue weighted by molar-refractivity contribution is -0.139. The number of nitrogens with zero attached hydrogens (tertiary/aromatic N) is 1. The molecule has 0 aliphatic heterocycles. The molecule has 0 heterocycles. The second-order valence-electron chi connectivity index (χ2n) is 4.22. The highest BCUT2D eigenvalue weighted by atomic mass is 19.4. The maximum atomic E-state index is 12.9. The molecule has 0 radical (unpaired) electrons. The Bertz CT molecular complexity index is 446. The van der Waals surface area contributed by atoms with E-state index in [4.69, 9.17) is 5.11 Å². The molecule has 0 aromatic heterocycles. The summed E-state index contributed by atoms with van der Waals surface area (Å²) < 4.78 is 38.7. The van der Waals surface area contributed by atoms with Crippen molar-refractivity contribution in [1.29, 1.82) is 0 Å². The van der Waals surface area contributed by atoms with Crippen LogP contribution in [0.25, 0.3) is 0 Å². The van der Waals surface area contributed by atoms with E-state index in [-0.39, 0.29) is 12.1 Å². The monoisotopic (exact) mass is 275 g/mol. The molecule has 3 nitrogen and oxygen atoms in total. The van der Waals surface area contributed by atoms with E-state index in [1.807, 2.05) is 0 Å². The van der Waals surface area contributed by atoms with E-state index < -0.39 is 23.8 Å². The van der Waals surface area contributed by atoms with E-state index in [2.05, 4.69) is 0 Å². The number of carbonyl (C=O) groups is 1. The number of rotatable bonds is 5. The molecule has 0 fully saturated rings. The number of aliphatic carboxylic acids is 1. The number of halogens is 3. The van der Waals surface area contributed by atoms with Gasteiger partial charge in [0, 0.05) is 6.04 Å². The fourth-order valence-corrected chi connectivity index (χ4v) is 2.01. The quantitative estimate of drug-likeness (QED) is 0.897. The third kappa shape index (κ3) is 3.96. The molecule has 106 valence electrons. The molecule has 1 aromatic carbocycles. The Hall–Kier alpha value is -1.56. The van der Waals surface area contributed by atoms with Crippen molar-refractivity contribution in [1.82, 2.24) is 4.90 Å². The van der Waals surface area contributed by atoms with Gasteiger partial charge in [0.1, 0.15) is 0 Å². The summed E-state index contributed by atoms with van der Waals surface area (Å²) in [5, 5.41) is 8.78. The van der Waals surface area contributed by atoms with E-state index in [0.717, 1.165) is 6.07 Å². The van der Waals surface area contributed by atoms with E-state index in [1.165, 1.54) is 23.1 Å². The van der Waals surface area contributed by atoms with Crippen LogP contribution in [0.1, 0.15) is 31.0 Å². The predicted molar refractivity (Wildman–Crippen MR) is 64.7 cm³/mol. The Balaban J connectivity index is 3.11. The van der Waals surface area contributed by atoms with Crippen LogP contribution in [0.5, 0.6) is 0 Å². The summed E-state index contributed by atoms with van der Waals surface area (Å²) >= 11 is 0. The minimum atomic E-state index is -4.44. The molecule has 6 heteroatoms. The molecule has 1 aromatic rings. The first kappa shape index (κ1) is 15.5. The second kappa shape index (κ2) is 6.06. The molecule has 0 saturated carbocycles. The molecular weight excluding hydrogens is 259 g/mol. The zero-order chi connectivity index (χ0) is 14.6. The van der Waals surface area contributed by atoms with E-state index in [0.29, 0.717) is 6.54 Å². The first-order valence-corrected chi connectivity index (χ1v) is 5.89. The van der Waals surface area contributed by atoms with Crippen LogP contribution < -0.4 is 0 Å². The molecule has 0 aliphatic rings. The van der Waals surface area contributed by atoms with Crippen LogP contribution >= 0.6 is 0 Å². The van der Waals surface area contributed by atoms with Crippen LogP contribution in [0.2, 0.25) is 0 Å². The van der Waals surface area contributed by atoms with Crippen LogP contribution in [-0.2, 0) is 11.0 Å². The molecule has 0 amide bonds. The topological polar surface area (TPSA) is 40.5 Å². The van der Waals surface area contributed by atoms with Gasteiger partial charge >= 0.3 is 12.1 Å². The van der Waals surface area contributed by atoms with Gasteiger partial charge in [0.05, 0.1) is 12.1 Å². The van der Waals surface area contributed by atoms with Crippen molar-refractivity contribution < 1.29 is 23.1 Å². The molecule has 1 atom stereocenters. The summed E-state index contributed by atoms with van der Waals surface area (Å²) in [5.74, 6) is -1.06. The molecular formula is C13H16F3NO2. The third-order valence-electron chi connectivity index (χ3n) is 3.01. The standard InChI is InChI=1S/C13H16F3NO2/c1-3-17(8-12(18)19)9(2)10-6-4-5-7-11(10)13(14,15)16/h4-7,9H,3,8H2,1-2H3,(H,18,19). The first-order valence-electron chi connectivity index (χ1n) is 5.89. The molecule has 1 rings (SSSR count). The Morgan fingerprint density at radius 1 is 1.37 bits per heavy atom. The molecule has 19 heavy (non-hydrogen) atoms. The second-order valence-corrected chi connectivity index (χ2v) is 4.22.